The van der Waals surface area contributed by atoms with Crippen LogP contribution in [0.15, 0.2) is 6.20 Å². The highest BCUT2D eigenvalue weighted by Crippen LogP contribution is 2.22. The average Bonchev–Trinajstić information content (AvgIpc) is 2.96. The molecule has 3 heterocycles. The fourth-order valence-corrected chi connectivity index (χ4v) is 5.10. The van der Waals surface area contributed by atoms with Crippen LogP contribution < -0.4 is 0 Å². The van der Waals surface area contributed by atoms with Crippen molar-refractivity contribution in [2.45, 2.75) is 39.2 Å². The molecule has 1 aromatic rings. The number of likely N-dealkylation sites (tertiary alicyclic amines) is 2. The first-order chi connectivity index (χ1) is 12.8. The van der Waals surface area contributed by atoms with Gasteiger partial charge in [0.2, 0.25) is 10.0 Å². The molecule has 0 saturated carbocycles. The minimum absolute atomic E-state index is 0.0678. The van der Waals surface area contributed by atoms with E-state index < -0.39 is 10.0 Å². The number of hydrogen-bond acceptors (Lipinski definition) is 5. The molecular formula is C18H31N5O3S. The Morgan fingerprint density at radius 2 is 1.93 bits per heavy atom. The third kappa shape index (κ3) is 4.35. The normalized spacial score (nSPS) is 19.5. The molecule has 8 nitrogen and oxygen atoms in total. The van der Waals surface area contributed by atoms with E-state index in [1.807, 2.05) is 6.92 Å². The predicted octanol–water partition coefficient (Wildman–Crippen LogP) is 0.691. The van der Waals surface area contributed by atoms with Gasteiger partial charge in [0.05, 0.1) is 23.6 Å². The van der Waals surface area contributed by atoms with Gasteiger partial charge in [-0.3, -0.25) is 9.48 Å². The summed E-state index contributed by atoms with van der Waals surface area (Å²) in [6.45, 7) is 7.83. The van der Waals surface area contributed by atoms with Crippen molar-refractivity contribution in [3.8, 4) is 0 Å². The number of amides is 1. The Labute approximate surface area is 162 Å². The molecule has 1 amide bonds. The Morgan fingerprint density at radius 3 is 2.48 bits per heavy atom. The third-order valence-electron chi connectivity index (χ3n) is 5.83. The number of aromatic nitrogens is 2. The predicted molar refractivity (Wildman–Crippen MR) is 104 cm³/mol. The first-order valence-corrected chi connectivity index (χ1v) is 11.4. The van der Waals surface area contributed by atoms with Gasteiger partial charge < -0.3 is 9.80 Å². The summed E-state index contributed by atoms with van der Waals surface area (Å²) in [6, 6.07) is -0.124. The van der Waals surface area contributed by atoms with Crippen molar-refractivity contribution < 1.29 is 13.2 Å². The second kappa shape index (κ2) is 8.28. The quantitative estimate of drug-likeness (QED) is 0.676. The number of sulfonamides is 1. The molecular weight excluding hydrogens is 366 g/mol. The minimum atomic E-state index is -3.29. The van der Waals surface area contributed by atoms with Crippen LogP contribution in [0.25, 0.3) is 0 Å². The molecule has 0 aliphatic carbocycles. The lowest BCUT2D eigenvalue weighted by atomic mass is 10.1. The van der Waals surface area contributed by atoms with Crippen molar-refractivity contribution in [3.05, 3.63) is 17.5 Å². The maximum absolute atomic E-state index is 12.7. The largest absolute Gasteiger partial charge is 0.335 e. The van der Waals surface area contributed by atoms with Gasteiger partial charge in [-0.25, -0.2) is 8.42 Å². The van der Waals surface area contributed by atoms with E-state index in [4.69, 9.17) is 0 Å². The van der Waals surface area contributed by atoms with Crippen LogP contribution in [0.4, 0.5) is 0 Å². The molecule has 2 aliphatic rings. The summed E-state index contributed by atoms with van der Waals surface area (Å²) in [4.78, 5) is 16.7. The lowest BCUT2D eigenvalue weighted by Crippen LogP contribution is -2.63. The number of piperidine rings is 1. The van der Waals surface area contributed by atoms with Gasteiger partial charge in [0.25, 0.3) is 5.91 Å². The van der Waals surface area contributed by atoms with Crippen molar-refractivity contribution in [3.63, 3.8) is 0 Å². The van der Waals surface area contributed by atoms with E-state index in [2.05, 4.69) is 10.00 Å². The molecule has 2 fully saturated rings. The lowest BCUT2D eigenvalue weighted by Gasteiger charge is -2.45. The second-order valence-electron chi connectivity index (χ2n) is 7.54. The third-order valence-corrected chi connectivity index (χ3v) is 7.75. The Balaban J connectivity index is 1.61. The van der Waals surface area contributed by atoms with Crippen LogP contribution in [0.5, 0.6) is 0 Å². The Bertz CT molecular complexity index is 764. The fourth-order valence-electron chi connectivity index (χ4n) is 3.82. The number of aryl methyl sites for hydroxylation is 1. The molecule has 2 aliphatic heterocycles. The number of hydrogen-bond donors (Lipinski definition) is 0. The van der Waals surface area contributed by atoms with E-state index in [0.717, 1.165) is 25.3 Å². The van der Waals surface area contributed by atoms with Crippen molar-refractivity contribution in [1.82, 2.24) is 23.9 Å². The van der Waals surface area contributed by atoms with Gasteiger partial charge in [0.1, 0.15) is 0 Å². The number of carbonyl (C=O) groups excluding carboxylic acids is 1. The fraction of sp³-hybridized carbons (Fsp3) is 0.778. The zero-order chi connectivity index (χ0) is 19.6. The summed E-state index contributed by atoms with van der Waals surface area (Å²) in [5.74, 6) is 0.0285. The molecule has 0 N–H and O–H groups in total. The zero-order valence-corrected chi connectivity index (χ0v) is 17.4. The molecule has 0 spiro atoms. The Hall–Kier alpha value is -1.45. The van der Waals surface area contributed by atoms with Crippen LogP contribution in [0.1, 0.15) is 42.2 Å². The molecule has 0 aromatic carbocycles. The van der Waals surface area contributed by atoms with Gasteiger partial charge in [-0.15, -0.1) is 0 Å². The van der Waals surface area contributed by atoms with Crippen molar-refractivity contribution >= 4 is 15.9 Å². The van der Waals surface area contributed by atoms with Crippen molar-refractivity contribution in [2.24, 2.45) is 7.05 Å². The molecule has 27 heavy (non-hydrogen) atoms. The number of rotatable bonds is 7. The summed E-state index contributed by atoms with van der Waals surface area (Å²) >= 11 is 0. The van der Waals surface area contributed by atoms with Crippen LogP contribution in [-0.4, -0.2) is 89.3 Å². The minimum Gasteiger partial charge on any atom is -0.335 e. The molecule has 0 radical (unpaired) electrons. The summed E-state index contributed by atoms with van der Waals surface area (Å²) in [7, 11) is -1.48. The highest BCUT2D eigenvalue weighted by molar-refractivity contribution is 7.89. The molecule has 0 atom stereocenters. The van der Waals surface area contributed by atoms with Gasteiger partial charge >= 0.3 is 0 Å². The summed E-state index contributed by atoms with van der Waals surface area (Å²) in [5, 5.41) is 4.12. The standard InChI is InChI=1S/C18H31N5O3S/c1-4-27(25,26)23(11-10-21-8-6-5-7-9-21)16-13-22(14-16)18(24)17-12-19-20(3)15(17)2/h12,16H,4-11,13-14H2,1-3H3. The van der Waals surface area contributed by atoms with Crippen molar-refractivity contribution in [2.75, 3.05) is 45.0 Å². The molecule has 2 saturated heterocycles. The second-order valence-corrected chi connectivity index (χ2v) is 9.75. The van der Waals surface area contributed by atoms with E-state index >= 15 is 0 Å². The lowest BCUT2D eigenvalue weighted by molar-refractivity contribution is 0.0435. The van der Waals surface area contributed by atoms with E-state index in [1.54, 1.807) is 34.1 Å². The SMILES string of the molecule is CCS(=O)(=O)N(CCN1CCCCC1)C1CN(C(=O)c2cnn(C)c2C)C1. The first kappa shape index (κ1) is 20.3. The van der Waals surface area contributed by atoms with E-state index in [1.165, 1.54) is 19.3 Å². The maximum Gasteiger partial charge on any atom is 0.257 e. The van der Waals surface area contributed by atoms with E-state index in [9.17, 15) is 13.2 Å². The highest BCUT2D eigenvalue weighted by atomic mass is 32.2. The molecule has 0 bridgehead atoms. The number of carbonyl (C=O) groups is 1. The maximum atomic E-state index is 12.7. The number of nitrogens with zero attached hydrogens (tertiary/aromatic N) is 5. The summed E-state index contributed by atoms with van der Waals surface area (Å²) in [6.07, 6.45) is 5.23. The monoisotopic (exact) mass is 397 g/mol. The molecule has 0 unspecified atom stereocenters. The van der Waals surface area contributed by atoms with Gasteiger partial charge in [-0.05, 0) is 39.8 Å². The zero-order valence-electron chi connectivity index (χ0n) is 16.6. The van der Waals surface area contributed by atoms with Crippen LogP contribution in [0.2, 0.25) is 0 Å². The van der Waals surface area contributed by atoms with E-state index in [0.29, 0.717) is 25.2 Å². The topological polar surface area (TPSA) is 78.8 Å². The van der Waals surface area contributed by atoms with Crippen molar-refractivity contribution in [1.29, 1.82) is 0 Å². The average molecular weight is 398 g/mol. The summed E-state index contributed by atoms with van der Waals surface area (Å²) < 4.78 is 28.5. The van der Waals surface area contributed by atoms with Crippen LogP contribution in [0, 0.1) is 6.92 Å². The van der Waals surface area contributed by atoms with Gasteiger partial charge in [0.15, 0.2) is 0 Å². The van der Waals surface area contributed by atoms with Gasteiger partial charge in [0, 0.05) is 38.9 Å². The molecule has 152 valence electrons. The van der Waals surface area contributed by atoms with Crippen LogP contribution in [0.3, 0.4) is 0 Å². The Kier molecular flexibility index (Phi) is 6.22. The summed E-state index contributed by atoms with van der Waals surface area (Å²) in [5.41, 5.74) is 1.42. The first-order valence-electron chi connectivity index (χ1n) is 9.83. The molecule has 1 aromatic heterocycles. The highest BCUT2D eigenvalue weighted by Gasteiger charge is 2.40. The smallest absolute Gasteiger partial charge is 0.257 e. The van der Waals surface area contributed by atoms with E-state index in [-0.39, 0.29) is 17.7 Å². The molecule has 9 heteroatoms. The van der Waals surface area contributed by atoms with Crippen LogP contribution in [-0.2, 0) is 17.1 Å². The van der Waals surface area contributed by atoms with Gasteiger partial charge in [-0.2, -0.15) is 9.40 Å². The van der Waals surface area contributed by atoms with Crippen LogP contribution >= 0.6 is 0 Å². The van der Waals surface area contributed by atoms with Gasteiger partial charge in [-0.1, -0.05) is 6.42 Å². The Morgan fingerprint density at radius 1 is 1.26 bits per heavy atom. The molecule has 3 rings (SSSR count).